The minimum atomic E-state index is -0.0774. The molecular weight excluding hydrogens is 380 g/mol. The van der Waals surface area contributed by atoms with Crippen LogP contribution in [0.2, 0.25) is 0 Å². The summed E-state index contributed by atoms with van der Waals surface area (Å²) in [5.74, 6) is 1.23. The molecule has 156 valence electrons. The third-order valence-electron chi connectivity index (χ3n) is 4.96. The molecule has 2 heterocycles. The minimum absolute atomic E-state index is 0.0774. The van der Waals surface area contributed by atoms with Gasteiger partial charge in [0, 0.05) is 30.0 Å². The van der Waals surface area contributed by atoms with Gasteiger partial charge in [-0.1, -0.05) is 30.3 Å². The van der Waals surface area contributed by atoms with E-state index in [9.17, 15) is 4.79 Å². The number of aromatic nitrogens is 1. The second-order valence-electron chi connectivity index (χ2n) is 7.35. The van der Waals surface area contributed by atoms with Crippen molar-refractivity contribution in [2.75, 3.05) is 50.1 Å². The summed E-state index contributed by atoms with van der Waals surface area (Å²) < 4.78 is 11.2. The van der Waals surface area contributed by atoms with Crippen LogP contribution >= 0.6 is 0 Å². The summed E-state index contributed by atoms with van der Waals surface area (Å²) in [5, 5.41) is 2.94. The average Bonchev–Trinajstić information content (AvgIpc) is 3.23. The lowest BCUT2D eigenvalue weighted by Crippen LogP contribution is -2.36. The first-order valence-corrected chi connectivity index (χ1v) is 10.1. The SMILES string of the molecule is CN(CC(=O)Nc1ccc(N2CCOCC2)cc1)Cc1ncc(-c2ccccc2)o1. The van der Waals surface area contributed by atoms with E-state index in [4.69, 9.17) is 9.15 Å². The van der Waals surface area contributed by atoms with Crippen molar-refractivity contribution in [2.24, 2.45) is 0 Å². The molecule has 1 fully saturated rings. The standard InChI is InChI=1S/C23H26N4O3/c1-26(17-23-24-15-21(30-23)18-5-3-2-4-6-18)16-22(28)25-19-7-9-20(10-8-19)27-11-13-29-14-12-27/h2-10,15H,11-14,16-17H2,1H3,(H,25,28). The maximum absolute atomic E-state index is 12.4. The fourth-order valence-corrected chi connectivity index (χ4v) is 3.43. The quantitative estimate of drug-likeness (QED) is 0.650. The van der Waals surface area contributed by atoms with Gasteiger partial charge >= 0.3 is 0 Å². The predicted octanol–water partition coefficient (Wildman–Crippen LogP) is 3.25. The van der Waals surface area contributed by atoms with E-state index in [0.29, 0.717) is 12.4 Å². The van der Waals surface area contributed by atoms with Gasteiger partial charge in [-0.15, -0.1) is 0 Å². The monoisotopic (exact) mass is 406 g/mol. The van der Waals surface area contributed by atoms with Gasteiger partial charge in [-0.3, -0.25) is 9.69 Å². The largest absolute Gasteiger partial charge is 0.439 e. The van der Waals surface area contributed by atoms with Crippen LogP contribution in [0.1, 0.15) is 5.89 Å². The second kappa shape index (κ2) is 9.56. The summed E-state index contributed by atoms with van der Waals surface area (Å²) in [7, 11) is 1.87. The highest BCUT2D eigenvalue weighted by molar-refractivity contribution is 5.92. The number of likely N-dealkylation sites (N-methyl/N-ethyl adjacent to an activating group) is 1. The number of nitrogens with one attached hydrogen (secondary N) is 1. The molecular formula is C23H26N4O3. The van der Waals surface area contributed by atoms with Crippen LogP contribution in [0.25, 0.3) is 11.3 Å². The average molecular weight is 406 g/mol. The lowest BCUT2D eigenvalue weighted by atomic mass is 10.2. The van der Waals surface area contributed by atoms with Crippen molar-refractivity contribution in [2.45, 2.75) is 6.54 Å². The van der Waals surface area contributed by atoms with E-state index in [0.717, 1.165) is 49.0 Å². The van der Waals surface area contributed by atoms with Crippen molar-refractivity contribution >= 4 is 17.3 Å². The Morgan fingerprint density at radius 1 is 1.10 bits per heavy atom. The zero-order valence-electron chi connectivity index (χ0n) is 17.1. The number of ether oxygens (including phenoxy) is 1. The van der Waals surface area contributed by atoms with E-state index in [1.54, 1.807) is 6.20 Å². The van der Waals surface area contributed by atoms with Gasteiger partial charge < -0.3 is 19.4 Å². The van der Waals surface area contributed by atoms with E-state index in [2.05, 4.69) is 15.2 Å². The summed E-state index contributed by atoms with van der Waals surface area (Å²) >= 11 is 0. The van der Waals surface area contributed by atoms with Gasteiger partial charge in [0.1, 0.15) is 0 Å². The first-order valence-electron chi connectivity index (χ1n) is 10.1. The van der Waals surface area contributed by atoms with Crippen molar-refractivity contribution < 1.29 is 13.9 Å². The summed E-state index contributed by atoms with van der Waals surface area (Å²) in [6.45, 7) is 3.99. The summed E-state index contributed by atoms with van der Waals surface area (Å²) in [4.78, 5) is 20.9. The first kappa shape index (κ1) is 20.1. The zero-order chi connectivity index (χ0) is 20.8. The number of rotatable bonds is 7. The molecule has 3 aromatic rings. The number of amides is 1. The lowest BCUT2D eigenvalue weighted by molar-refractivity contribution is -0.117. The van der Waals surface area contributed by atoms with E-state index < -0.39 is 0 Å². The van der Waals surface area contributed by atoms with Crippen LogP contribution in [-0.4, -0.2) is 55.7 Å². The Balaban J connectivity index is 1.27. The molecule has 7 heteroatoms. The molecule has 0 bridgehead atoms. The number of nitrogens with zero attached hydrogens (tertiary/aromatic N) is 3. The number of oxazole rings is 1. The topological polar surface area (TPSA) is 70.8 Å². The summed E-state index contributed by atoms with van der Waals surface area (Å²) in [6.07, 6.45) is 1.72. The van der Waals surface area contributed by atoms with Gasteiger partial charge in [0.2, 0.25) is 11.8 Å². The van der Waals surface area contributed by atoms with Crippen LogP contribution in [0.15, 0.2) is 65.2 Å². The van der Waals surface area contributed by atoms with Crippen LogP contribution in [0.3, 0.4) is 0 Å². The molecule has 0 atom stereocenters. The number of hydrogen-bond donors (Lipinski definition) is 1. The Labute approximate surface area is 176 Å². The van der Waals surface area contributed by atoms with Gasteiger partial charge in [-0.2, -0.15) is 0 Å². The Morgan fingerprint density at radius 2 is 1.83 bits per heavy atom. The Bertz CT molecular complexity index is 950. The van der Waals surface area contributed by atoms with Crippen LogP contribution in [0.4, 0.5) is 11.4 Å². The fourth-order valence-electron chi connectivity index (χ4n) is 3.43. The molecule has 0 spiro atoms. The molecule has 4 rings (SSSR count). The maximum Gasteiger partial charge on any atom is 0.238 e. The molecule has 0 unspecified atom stereocenters. The van der Waals surface area contributed by atoms with Crippen LogP contribution in [0.5, 0.6) is 0 Å². The smallest absolute Gasteiger partial charge is 0.238 e. The summed E-state index contributed by atoms with van der Waals surface area (Å²) in [5.41, 5.74) is 2.91. The molecule has 1 amide bonds. The van der Waals surface area contributed by atoms with E-state index in [1.807, 2.05) is 66.5 Å². The minimum Gasteiger partial charge on any atom is -0.439 e. The normalized spacial score (nSPS) is 14.1. The van der Waals surface area contributed by atoms with Gasteiger partial charge in [0.05, 0.1) is 32.5 Å². The molecule has 0 saturated carbocycles. The number of hydrogen-bond acceptors (Lipinski definition) is 6. The van der Waals surface area contributed by atoms with Gasteiger partial charge in [-0.25, -0.2) is 4.98 Å². The molecule has 1 aromatic heterocycles. The highest BCUT2D eigenvalue weighted by Crippen LogP contribution is 2.21. The molecule has 0 aliphatic carbocycles. The molecule has 7 nitrogen and oxygen atoms in total. The second-order valence-corrected chi connectivity index (χ2v) is 7.35. The van der Waals surface area contributed by atoms with E-state index in [1.165, 1.54) is 0 Å². The molecule has 0 radical (unpaired) electrons. The van der Waals surface area contributed by atoms with Gasteiger partial charge in [0.15, 0.2) is 5.76 Å². The summed E-state index contributed by atoms with van der Waals surface area (Å²) in [6, 6.07) is 17.8. The third-order valence-corrected chi connectivity index (χ3v) is 4.96. The highest BCUT2D eigenvalue weighted by Gasteiger charge is 2.13. The molecule has 1 saturated heterocycles. The van der Waals surface area contributed by atoms with Crippen molar-refractivity contribution in [3.05, 3.63) is 66.7 Å². The van der Waals surface area contributed by atoms with Crippen molar-refractivity contribution in [3.63, 3.8) is 0 Å². The van der Waals surface area contributed by atoms with Gasteiger partial charge in [-0.05, 0) is 31.3 Å². The zero-order valence-corrected chi connectivity index (χ0v) is 17.1. The molecule has 1 aliphatic rings. The molecule has 30 heavy (non-hydrogen) atoms. The molecule has 2 aromatic carbocycles. The predicted molar refractivity (Wildman–Crippen MR) is 116 cm³/mol. The number of morpholine rings is 1. The first-order chi connectivity index (χ1) is 14.7. The van der Waals surface area contributed by atoms with Crippen LogP contribution < -0.4 is 10.2 Å². The van der Waals surface area contributed by atoms with Crippen LogP contribution in [-0.2, 0) is 16.1 Å². The van der Waals surface area contributed by atoms with Crippen molar-refractivity contribution in [1.29, 1.82) is 0 Å². The highest BCUT2D eigenvalue weighted by atomic mass is 16.5. The van der Waals surface area contributed by atoms with Crippen molar-refractivity contribution in [3.8, 4) is 11.3 Å². The Morgan fingerprint density at radius 3 is 2.57 bits per heavy atom. The Hall–Kier alpha value is -3.16. The number of carbonyl (C=O) groups excluding carboxylic acids is 1. The van der Waals surface area contributed by atoms with Gasteiger partial charge in [0.25, 0.3) is 0 Å². The molecule has 1 aliphatic heterocycles. The Kier molecular flexibility index (Phi) is 6.41. The number of carbonyl (C=O) groups is 1. The van der Waals surface area contributed by atoms with E-state index >= 15 is 0 Å². The van der Waals surface area contributed by atoms with Crippen LogP contribution in [0, 0.1) is 0 Å². The fraction of sp³-hybridized carbons (Fsp3) is 0.304. The number of anilines is 2. The van der Waals surface area contributed by atoms with Crippen molar-refractivity contribution in [1.82, 2.24) is 9.88 Å². The number of benzene rings is 2. The maximum atomic E-state index is 12.4. The molecule has 1 N–H and O–H groups in total. The third kappa shape index (κ3) is 5.25. The van der Waals surface area contributed by atoms with E-state index in [-0.39, 0.29) is 12.5 Å². The lowest BCUT2D eigenvalue weighted by Gasteiger charge is -2.28.